The van der Waals surface area contributed by atoms with E-state index in [-0.39, 0.29) is 12.0 Å². The molecule has 1 spiro atoms. The number of hydrogen-bond donors (Lipinski definition) is 1. The van der Waals surface area contributed by atoms with E-state index < -0.39 is 5.41 Å². The monoisotopic (exact) mass is 690 g/mol. The summed E-state index contributed by atoms with van der Waals surface area (Å²) in [6.07, 6.45) is 21.1. The Morgan fingerprint density at radius 1 is 0.741 bits per heavy atom. The summed E-state index contributed by atoms with van der Waals surface area (Å²) in [6.45, 7) is 2.23. The molecule has 3 atom stereocenters. The van der Waals surface area contributed by atoms with Gasteiger partial charge in [0.2, 0.25) is 0 Å². The number of nitrogens with one attached hydrogen (secondary N) is 1. The van der Waals surface area contributed by atoms with Gasteiger partial charge < -0.3 is 5.32 Å². The molecule has 1 N–H and O–H groups in total. The number of allylic oxidation sites excluding steroid dienone is 10. The van der Waals surface area contributed by atoms with E-state index in [1.165, 1.54) is 77.6 Å². The minimum atomic E-state index is -0.536. The molecule has 4 aliphatic carbocycles. The molecular formula is C52H38N2. The van der Waals surface area contributed by atoms with E-state index in [2.05, 4.69) is 176 Å². The number of rotatable bonds is 5. The summed E-state index contributed by atoms with van der Waals surface area (Å²) in [5.41, 5.74) is 16.6. The predicted molar refractivity (Wildman–Crippen MR) is 224 cm³/mol. The van der Waals surface area contributed by atoms with Crippen LogP contribution in [-0.4, -0.2) is 6.04 Å². The van der Waals surface area contributed by atoms with Crippen LogP contribution in [0.4, 0.5) is 5.69 Å². The minimum absolute atomic E-state index is 0.00265. The van der Waals surface area contributed by atoms with Gasteiger partial charge in [-0.05, 0) is 133 Å². The lowest BCUT2D eigenvalue weighted by atomic mass is 9.56. The summed E-state index contributed by atoms with van der Waals surface area (Å²) in [7, 11) is 0. The molecule has 10 rings (SSSR count). The van der Waals surface area contributed by atoms with Gasteiger partial charge in [-0.25, -0.2) is 0 Å². The molecule has 0 heterocycles. The van der Waals surface area contributed by atoms with Crippen molar-refractivity contribution < 1.29 is 0 Å². The third kappa shape index (κ3) is 5.01. The van der Waals surface area contributed by atoms with Crippen molar-refractivity contribution >= 4 is 22.0 Å². The second-order valence-corrected chi connectivity index (χ2v) is 14.8. The van der Waals surface area contributed by atoms with E-state index >= 15 is 0 Å². The van der Waals surface area contributed by atoms with E-state index in [0.717, 1.165) is 12.1 Å². The van der Waals surface area contributed by atoms with Crippen LogP contribution in [-0.2, 0) is 5.41 Å². The van der Waals surface area contributed by atoms with Gasteiger partial charge in [0, 0.05) is 11.6 Å². The second-order valence-electron chi connectivity index (χ2n) is 14.8. The molecule has 0 saturated heterocycles. The maximum absolute atomic E-state index is 9.53. The molecule has 0 fully saturated rings. The Bertz CT molecular complexity index is 2740. The number of benzene rings is 6. The first-order valence-electron chi connectivity index (χ1n) is 18.9. The van der Waals surface area contributed by atoms with Gasteiger partial charge in [-0.1, -0.05) is 140 Å². The van der Waals surface area contributed by atoms with Crippen molar-refractivity contribution in [3.05, 3.63) is 227 Å². The van der Waals surface area contributed by atoms with Crippen LogP contribution < -0.4 is 5.32 Å². The number of nitriles is 1. The van der Waals surface area contributed by atoms with Crippen LogP contribution in [0.25, 0.3) is 38.6 Å². The number of hydrogen-bond acceptors (Lipinski definition) is 2. The van der Waals surface area contributed by atoms with E-state index in [0.29, 0.717) is 5.56 Å². The number of fused-ring (bicyclic) bond motifs is 12. The lowest BCUT2D eigenvalue weighted by Crippen LogP contribution is -2.47. The largest absolute Gasteiger partial charge is 0.378 e. The Hall–Kier alpha value is -6.69. The van der Waals surface area contributed by atoms with Crippen molar-refractivity contribution in [2.75, 3.05) is 5.32 Å². The van der Waals surface area contributed by atoms with Crippen molar-refractivity contribution in [1.29, 1.82) is 5.26 Å². The van der Waals surface area contributed by atoms with E-state index in [1.54, 1.807) is 0 Å². The van der Waals surface area contributed by atoms with Gasteiger partial charge in [0.05, 0.1) is 23.1 Å². The van der Waals surface area contributed by atoms with Crippen LogP contribution in [0, 0.1) is 11.3 Å². The third-order valence-electron chi connectivity index (χ3n) is 11.9. The van der Waals surface area contributed by atoms with Crippen molar-refractivity contribution in [3.63, 3.8) is 0 Å². The highest BCUT2D eigenvalue weighted by Crippen LogP contribution is 2.63. The van der Waals surface area contributed by atoms with Crippen LogP contribution in [0.5, 0.6) is 0 Å². The molecule has 2 bridgehead atoms. The first kappa shape index (κ1) is 32.0. The fourth-order valence-electron chi connectivity index (χ4n) is 9.30. The van der Waals surface area contributed by atoms with Gasteiger partial charge in [0.1, 0.15) is 0 Å². The van der Waals surface area contributed by atoms with Gasteiger partial charge in [-0.15, -0.1) is 0 Å². The summed E-state index contributed by atoms with van der Waals surface area (Å²) < 4.78 is 0. The first-order valence-corrected chi connectivity index (χ1v) is 18.9. The quantitative estimate of drug-likeness (QED) is 0.195. The molecule has 4 aliphatic rings. The Morgan fingerprint density at radius 2 is 1.50 bits per heavy atom. The lowest BCUT2D eigenvalue weighted by Gasteiger charge is -2.49. The van der Waals surface area contributed by atoms with E-state index in [1.807, 2.05) is 24.3 Å². The van der Waals surface area contributed by atoms with Crippen LogP contribution in [0.3, 0.4) is 0 Å². The fraction of sp³-hybridized carbons (Fsp3) is 0.0962. The van der Waals surface area contributed by atoms with Gasteiger partial charge in [0.25, 0.3) is 0 Å². The van der Waals surface area contributed by atoms with E-state index in [9.17, 15) is 5.26 Å². The van der Waals surface area contributed by atoms with Crippen molar-refractivity contribution in [3.8, 4) is 28.3 Å². The van der Waals surface area contributed by atoms with Crippen LogP contribution in [0.15, 0.2) is 193 Å². The van der Waals surface area contributed by atoms with E-state index in [4.69, 9.17) is 0 Å². The van der Waals surface area contributed by atoms with Gasteiger partial charge in [-0.2, -0.15) is 5.26 Å². The normalized spacial score (nSPS) is 21.1. The third-order valence-corrected chi connectivity index (χ3v) is 11.9. The van der Waals surface area contributed by atoms with Crippen molar-refractivity contribution in [2.24, 2.45) is 0 Å². The van der Waals surface area contributed by atoms with Crippen molar-refractivity contribution in [1.82, 2.24) is 0 Å². The molecule has 2 nitrogen and oxygen atoms in total. The van der Waals surface area contributed by atoms with Crippen LogP contribution in [0.2, 0.25) is 0 Å². The molecule has 0 aromatic heterocycles. The molecule has 256 valence electrons. The molecule has 0 saturated carbocycles. The first-order chi connectivity index (χ1) is 26.6. The Balaban J connectivity index is 1.21. The molecule has 0 amide bonds. The molecule has 6 aromatic rings. The zero-order valence-corrected chi connectivity index (χ0v) is 30.1. The average Bonchev–Trinajstić information content (AvgIpc) is 3.52. The number of nitrogens with zero attached hydrogens (tertiary/aromatic N) is 1. The summed E-state index contributed by atoms with van der Waals surface area (Å²) in [6, 6.07) is 49.0. The molecule has 0 radical (unpaired) electrons. The Labute approximate surface area is 317 Å². The lowest BCUT2D eigenvalue weighted by molar-refractivity contribution is 0.563. The van der Waals surface area contributed by atoms with Crippen LogP contribution >= 0.6 is 0 Å². The molecule has 6 aromatic carbocycles. The molecular weight excluding hydrogens is 653 g/mol. The van der Waals surface area contributed by atoms with Crippen molar-refractivity contribution in [2.45, 2.75) is 30.7 Å². The smallest absolute Gasteiger partial charge is 0.0991 e. The standard InChI is InChI=1S/C52H38N2/c1-34(18-19-35-10-3-2-4-11-35)38-24-28-44-45-29-25-41(40-23-22-37-12-5-6-13-39(37)30-40)32-50(45)52(49(44)31-38)47-16-8-7-14-43(47)46-15-9-17-48(52)51(46)54-42-26-20-36(33-53)21-27-42/h2-10,12-32,46,51,54H,11H2,1H3/b34-18+,35-19-. The minimum Gasteiger partial charge on any atom is -0.378 e. The van der Waals surface area contributed by atoms with Gasteiger partial charge in [-0.3, -0.25) is 0 Å². The zero-order chi connectivity index (χ0) is 36.2. The molecule has 3 unspecified atom stereocenters. The van der Waals surface area contributed by atoms with Crippen LogP contribution in [0.1, 0.15) is 52.6 Å². The summed E-state index contributed by atoms with van der Waals surface area (Å²) in [4.78, 5) is 0. The highest BCUT2D eigenvalue weighted by molar-refractivity contribution is 5.93. The highest BCUT2D eigenvalue weighted by Gasteiger charge is 2.55. The van der Waals surface area contributed by atoms with Gasteiger partial charge in [0.15, 0.2) is 0 Å². The topological polar surface area (TPSA) is 35.8 Å². The molecule has 2 heteroatoms. The fourth-order valence-corrected chi connectivity index (χ4v) is 9.30. The summed E-state index contributed by atoms with van der Waals surface area (Å²) in [5, 5.41) is 16.0. The van der Waals surface area contributed by atoms with Gasteiger partial charge >= 0.3 is 0 Å². The maximum Gasteiger partial charge on any atom is 0.0991 e. The second kappa shape index (κ2) is 12.8. The summed E-state index contributed by atoms with van der Waals surface area (Å²) >= 11 is 0. The Morgan fingerprint density at radius 3 is 2.33 bits per heavy atom. The molecule has 0 aliphatic heterocycles. The SMILES string of the molecule is C/C(=C\C=C1\C=CC=CC1)c1ccc2c(c1)C1(C3=CC=CC(c4ccccc41)C3Nc1ccc(C#N)cc1)c1cc(-c3ccc4ccccc4c3)ccc1-2. The molecule has 54 heavy (non-hydrogen) atoms. The predicted octanol–water partition coefficient (Wildman–Crippen LogP) is 12.6. The summed E-state index contributed by atoms with van der Waals surface area (Å²) in [5.74, 6) is 0.146. The number of anilines is 1. The highest BCUT2D eigenvalue weighted by atomic mass is 14.9. The average molecular weight is 691 g/mol. The maximum atomic E-state index is 9.53. The Kier molecular flexibility index (Phi) is 7.56. The zero-order valence-electron chi connectivity index (χ0n) is 30.1.